The minimum atomic E-state index is -1.27. The van der Waals surface area contributed by atoms with Crippen LogP contribution in [0.25, 0.3) is 11.2 Å². The summed E-state index contributed by atoms with van der Waals surface area (Å²) in [5.74, 6) is 0.140. The lowest BCUT2D eigenvalue weighted by Gasteiger charge is -2.16. The lowest BCUT2D eigenvalue weighted by molar-refractivity contribution is -0.0511. The van der Waals surface area contributed by atoms with Gasteiger partial charge in [0.05, 0.1) is 19.5 Å². The number of nitrogens with two attached hydrogens (primary N) is 1. The van der Waals surface area contributed by atoms with Gasteiger partial charge >= 0.3 is 0 Å². The van der Waals surface area contributed by atoms with Crippen molar-refractivity contribution in [2.75, 3.05) is 12.3 Å². The standard InChI is InChI=1S/C18H21N7O4/c1-9-3-2-4-10(5-9)6-21-24-18-22-15(19)12-16(23-18)25(8-20-12)17-14(28)13(27)11(7-26)29-17/h2-5,8,11,13-14,17,26-28H,6-7H2,1H3,(H2,19,22,23)/t11-,13?,14?,17-/m1/s1. The first-order valence-electron chi connectivity index (χ1n) is 9.03. The molecule has 1 aromatic carbocycles. The molecule has 2 unspecified atom stereocenters. The van der Waals surface area contributed by atoms with Crippen molar-refractivity contribution >= 4 is 22.9 Å². The Hall–Kier alpha value is -2.99. The van der Waals surface area contributed by atoms with E-state index in [4.69, 9.17) is 10.5 Å². The van der Waals surface area contributed by atoms with Crippen LogP contribution < -0.4 is 5.73 Å². The van der Waals surface area contributed by atoms with Gasteiger partial charge in [0.15, 0.2) is 17.7 Å². The van der Waals surface area contributed by atoms with Gasteiger partial charge in [0.1, 0.15) is 23.8 Å². The lowest BCUT2D eigenvalue weighted by atomic mass is 10.1. The summed E-state index contributed by atoms with van der Waals surface area (Å²) in [6.07, 6.45) is -3.04. The summed E-state index contributed by atoms with van der Waals surface area (Å²) in [7, 11) is 0. The van der Waals surface area contributed by atoms with E-state index in [9.17, 15) is 15.3 Å². The first-order chi connectivity index (χ1) is 14.0. The summed E-state index contributed by atoms with van der Waals surface area (Å²) in [5, 5.41) is 37.7. The number of rotatable bonds is 5. The molecule has 1 aliphatic heterocycles. The van der Waals surface area contributed by atoms with E-state index in [0.717, 1.165) is 11.1 Å². The van der Waals surface area contributed by atoms with Gasteiger partial charge in [-0.15, -0.1) is 5.11 Å². The van der Waals surface area contributed by atoms with Crippen LogP contribution in [0.5, 0.6) is 0 Å². The van der Waals surface area contributed by atoms with Gasteiger partial charge in [-0.3, -0.25) is 4.57 Å². The molecule has 0 bridgehead atoms. The van der Waals surface area contributed by atoms with Gasteiger partial charge in [-0.1, -0.05) is 29.8 Å². The summed E-state index contributed by atoms with van der Waals surface area (Å²) in [5.41, 5.74) is 8.67. The number of aliphatic hydroxyl groups is 3. The maximum atomic E-state index is 10.3. The van der Waals surface area contributed by atoms with Gasteiger partial charge in [-0.05, 0) is 12.5 Å². The molecule has 3 aromatic rings. The van der Waals surface area contributed by atoms with Crippen molar-refractivity contribution in [3.05, 3.63) is 41.7 Å². The third kappa shape index (κ3) is 3.68. The quantitative estimate of drug-likeness (QED) is 0.453. The van der Waals surface area contributed by atoms with E-state index in [-0.39, 0.29) is 17.4 Å². The lowest BCUT2D eigenvalue weighted by Crippen LogP contribution is -2.33. The van der Waals surface area contributed by atoms with Gasteiger partial charge in [0.25, 0.3) is 5.95 Å². The highest BCUT2D eigenvalue weighted by atomic mass is 16.6. The van der Waals surface area contributed by atoms with Crippen LogP contribution in [0.1, 0.15) is 17.4 Å². The summed E-state index contributed by atoms with van der Waals surface area (Å²) in [6.45, 7) is 1.92. The van der Waals surface area contributed by atoms with Crippen LogP contribution in [0.2, 0.25) is 0 Å². The zero-order valence-electron chi connectivity index (χ0n) is 15.6. The predicted molar refractivity (Wildman–Crippen MR) is 102 cm³/mol. The molecule has 1 aliphatic rings. The molecule has 0 aliphatic carbocycles. The highest BCUT2D eigenvalue weighted by molar-refractivity contribution is 5.82. The van der Waals surface area contributed by atoms with E-state index in [0.29, 0.717) is 12.1 Å². The molecule has 0 radical (unpaired) electrons. The molecular weight excluding hydrogens is 378 g/mol. The molecule has 29 heavy (non-hydrogen) atoms. The van der Waals surface area contributed by atoms with Crippen LogP contribution in [-0.4, -0.2) is 59.8 Å². The van der Waals surface area contributed by atoms with E-state index in [1.165, 1.54) is 10.9 Å². The maximum absolute atomic E-state index is 10.3. The van der Waals surface area contributed by atoms with Gasteiger partial charge in [0.2, 0.25) is 0 Å². The Balaban J connectivity index is 1.62. The van der Waals surface area contributed by atoms with Crippen molar-refractivity contribution in [2.24, 2.45) is 10.2 Å². The van der Waals surface area contributed by atoms with Crippen LogP contribution in [0, 0.1) is 6.92 Å². The van der Waals surface area contributed by atoms with Gasteiger partial charge in [0, 0.05) is 0 Å². The zero-order valence-corrected chi connectivity index (χ0v) is 15.6. The number of fused-ring (bicyclic) bond motifs is 1. The van der Waals surface area contributed by atoms with Crippen molar-refractivity contribution in [3.8, 4) is 0 Å². The Labute approximate surface area is 165 Å². The zero-order chi connectivity index (χ0) is 20.5. The molecule has 0 spiro atoms. The Morgan fingerprint density at radius 1 is 1.24 bits per heavy atom. The maximum Gasteiger partial charge on any atom is 0.272 e. The van der Waals surface area contributed by atoms with Crippen molar-refractivity contribution in [1.29, 1.82) is 0 Å². The number of anilines is 1. The number of imidazole rings is 1. The molecule has 152 valence electrons. The average Bonchev–Trinajstić information content (AvgIpc) is 3.24. The Kier molecular flexibility index (Phi) is 5.20. The molecular formula is C18H21N7O4. The van der Waals surface area contributed by atoms with Crippen LogP contribution in [0.3, 0.4) is 0 Å². The van der Waals surface area contributed by atoms with Crippen LogP contribution in [-0.2, 0) is 11.3 Å². The monoisotopic (exact) mass is 399 g/mol. The second-order valence-electron chi connectivity index (χ2n) is 6.85. The summed E-state index contributed by atoms with van der Waals surface area (Å²) >= 11 is 0. The fourth-order valence-electron chi connectivity index (χ4n) is 3.26. The van der Waals surface area contributed by atoms with Crippen LogP contribution in [0.15, 0.2) is 40.8 Å². The highest BCUT2D eigenvalue weighted by Crippen LogP contribution is 2.32. The SMILES string of the molecule is Cc1cccc(CN=Nc2nc(N)c3ncn([C@@H]4O[C@H](CO)C(O)C4O)c3n2)c1. The minimum Gasteiger partial charge on any atom is -0.394 e. The molecule has 5 N–H and O–H groups in total. The normalized spacial score (nSPS) is 24.7. The molecule has 0 amide bonds. The Morgan fingerprint density at radius 2 is 2.07 bits per heavy atom. The fraction of sp³-hybridized carbons (Fsp3) is 0.389. The van der Waals surface area contributed by atoms with E-state index >= 15 is 0 Å². The number of benzene rings is 1. The molecule has 4 rings (SSSR count). The van der Waals surface area contributed by atoms with E-state index < -0.39 is 31.1 Å². The highest BCUT2D eigenvalue weighted by Gasteiger charge is 2.44. The fourth-order valence-corrected chi connectivity index (χ4v) is 3.26. The van der Waals surface area contributed by atoms with Crippen LogP contribution >= 0.6 is 0 Å². The van der Waals surface area contributed by atoms with Gasteiger partial charge in [-0.25, -0.2) is 4.98 Å². The van der Waals surface area contributed by atoms with Crippen molar-refractivity contribution < 1.29 is 20.1 Å². The average molecular weight is 399 g/mol. The second kappa shape index (κ2) is 7.79. The number of hydrogen-bond acceptors (Lipinski definition) is 10. The molecule has 3 heterocycles. The molecule has 1 fully saturated rings. The molecule has 11 heteroatoms. The van der Waals surface area contributed by atoms with Crippen LogP contribution in [0.4, 0.5) is 11.8 Å². The van der Waals surface area contributed by atoms with Gasteiger partial charge < -0.3 is 25.8 Å². The number of aliphatic hydroxyl groups excluding tert-OH is 3. The Morgan fingerprint density at radius 3 is 2.79 bits per heavy atom. The molecule has 0 saturated carbocycles. The topological polar surface area (TPSA) is 164 Å². The number of azo groups is 1. The number of nitrogen functional groups attached to an aromatic ring is 1. The van der Waals surface area contributed by atoms with Crippen molar-refractivity contribution in [1.82, 2.24) is 19.5 Å². The summed E-state index contributed by atoms with van der Waals surface area (Å²) < 4.78 is 6.96. The number of aryl methyl sites for hydroxylation is 1. The number of hydrogen-bond donors (Lipinski definition) is 4. The Bertz CT molecular complexity index is 1050. The first-order valence-corrected chi connectivity index (χ1v) is 9.03. The van der Waals surface area contributed by atoms with Crippen molar-refractivity contribution in [2.45, 2.75) is 38.0 Å². The molecule has 11 nitrogen and oxygen atoms in total. The number of ether oxygens (including phenoxy) is 1. The van der Waals surface area contributed by atoms with Crippen molar-refractivity contribution in [3.63, 3.8) is 0 Å². The summed E-state index contributed by atoms with van der Waals surface area (Å²) in [6, 6.07) is 7.90. The second-order valence-corrected chi connectivity index (χ2v) is 6.85. The first kappa shape index (κ1) is 19.3. The molecule has 2 aromatic heterocycles. The number of nitrogens with zero attached hydrogens (tertiary/aromatic N) is 6. The minimum absolute atomic E-state index is 0.0381. The molecule has 1 saturated heterocycles. The largest absolute Gasteiger partial charge is 0.394 e. The van der Waals surface area contributed by atoms with Gasteiger partial charge in [-0.2, -0.15) is 15.1 Å². The van der Waals surface area contributed by atoms with E-state index in [2.05, 4.69) is 25.2 Å². The number of aromatic nitrogens is 4. The third-order valence-electron chi connectivity index (χ3n) is 4.72. The van der Waals surface area contributed by atoms with E-state index in [1.807, 2.05) is 31.2 Å². The smallest absolute Gasteiger partial charge is 0.272 e. The molecule has 4 atom stereocenters. The predicted octanol–water partition coefficient (Wildman–Crippen LogP) is 0.612. The van der Waals surface area contributed by atoms with E-state index in [1.54, 1.807) is 0 Å². The third-order valence-corrected chi connectivity index (χ3v) is 4.72. The summed E-state index contributed by atoms with van der Waals surface area (Å²) in [4.78, 5) is 12.6.